The van der Waals surface area contributed by atoms with E-state index in [1.54, 1.807) is 22.8 Å². The number of aromatic amines is 1. The van der Waals surface area contributed by atoms with Crippen LogP contribution < -0.4 is 16.0 Å². The minimum atomic E-state index is -1.59. The molecule has 0 aliphatic heterocycles. The Hall–Kier alpha value is -3.55. The van der Waals surface area contributed by atoms with Gasteiger partial charge in [-0.1, -0.05) is 17.7 Å². The number of nitrogens with zero attached hydrogens (tertiary/aromatic N) is 4. The van der Waals surface area contributed by atoms with Crippen molar-refractivity contribution < 1.29 is 27.9 Å². The predicted octanol–water partition coefficient (Wildman–Crippen LogP) is 3.58. The molecule has 16 heteroatoms. The van der Waals surface area contributed by atoms with Gasteiger partial charge in [-0.3, -0.25) is 19.9 Å². The first-order valence-corrected chi connectivity index (χ1v) is 12.5. The number of H-pyrrole nitrogens is 1. The number of nitrogens with two attached hydrogens (primary N) is 1. The summed E-state index contributed by atoms with van der Waals surface area (Å²) in [6.07, 6.45) is 1.56. The van der Waals surface area contributed by atoms with Crippen molar-refractivity contribution in [2.45, 2.75) is 19.8 Å². The van der Waals surface area contributed by atoms with Crippen molar-refractivity contribution in [2.75, 3.05) is 25.8 Å². The zero-order valence-corrected chi connectivity index (χ0v) is 21.1. The SMILES string of the molecule is COc1ccc(COP(COCCn2cnc3c(=O)[nH]c(N)nc32)OCc2ccc([N+](=O)[O-])o2)cc1Cl. The molecule has 0 saturated heterocycles. The van der Waals surface area contributed by atoms with Crippen LogP contribution in [0.2, 0.25) is 5.02 Å². The number of hydrogen-bond donors (Lipinski definition) is 2. The molecule has 1 atom stereocenters. The van der Waals surface area contributed by atoms with Crippen molar-refractivity contribution in [3.63, 3.8) is 0 Å². The number of aromatic nitrogens is 4. The number of rotatable bonds is 13. The predicted molar refractivity (Wildman–Crippen MR) is 133 cm³/mol. The van der Waals surface area contributed by atoms with Gasteiger partial charge >= 0.3 is 5.88 Å². The van der Waals surface area contributed by atoms with E-state index in [-0.39, 0.29) is 49.3 Å². The Balaban J connectivity index is 1.36. The molecule has 0 amide bonds. The highest BCUT2D eigenvalue weighted by Gasteiger charge is 2.17. The van der Waals surface area contributed by atoms with Gasteiger partial charge in [0.1, 0.15) is 29.4 Å². The first-order chi connectivity index (χ1) is 17.8. The number of fused-ring (bicyclic) bond motifs is 1. The lowest BCUT2D eigenvalue weighted by atomic mass is 10.2. The summed E-state index contributed by atoms with van der Waals surface area (Å²) in [6, 6.07) is 7.96. The number of ether oxygens (including phenoxy) is 2. The van der Waals surface area contributed by atoms with Crippen molar-refractivity contribution in [3.05, 3.63) is 73.5 Å². The van der Waals surface area contributed by atoms with Crippen LogP contribution >= 0.6 is 20.0 Å². The minimum Gasteiger partial charge on any atom is -0.495 e. The molecular formula is C21H22ClN6O8P. The number of imidazole rings is 1. The van der Waals surface area contributed by atoms with Crippen LogP contribution in [0.15, 0.2) is 45.9 Å². The molecule has 0 fully saturated rings. The van der Waals surface area contributed by atoms with Gasteiger partial charge in [0.15, 0.2) is 19.5 Å². The Bertz CT molecular complexity index is 1440. The van der Waals surface area contributed by atoms with Gasteiger partial charge in [-0.25, -0.2) is 4.98 Å². The van der Waals surface area contributed by atoms with Gasteiger partial charge in [0, 0.05) is 6.54 Å². The highest BCUT2D eigenvalue weighted by molar-refractivity contribution is 7.46. The summed E-state index contributed by atoms with van der Waals surface area (Å²) in [5.74, 6) is 0.418. The lowest BCUT2D eigenvalue weighted by Crippen LogP contribution is -2.13. The van der Waals surface area contributed by atoms with Crippen molar-refractivity contribution in [1.82, 2.24) is 19.5 Å². The average Bonchev–Trinajstić information content (AvgIpc) is 3.51. The zero-order valence-electron chi connectivity index (χ0n) is 19.5. The topological polar surface area (TPSA) is 183 Å². The van der Waals surface area contributed by atoms with E-state index >= 15 is 0 Å². The maximum absolute atomic E-state index is 11.9. The molecule has 4 aromatic rings. The smallest absolute Gasteiger partial charge is 0.433 e. The Morgan fingerprint density at radius 2 is 2.08 bits per heavy atom. The van der Waals surface area contributed by atoms with Crippen molar-refractivity contribution >= 4 is 43.0 Å². The summed E-state index contributed by atoms with van der Waals surface area (Å²) in [5.41, 5.74) is 6.50. The molecule has 0 radical (unpaired) electrons. The molecular weight excluding hydrogens is 531 g/mol. The van der Waals surface area contributed by atoms with Gasteiger partial charge in [0.2, 0.25) is 5.95 Å². The fourth-order valence-electron chi connectivity index (χ4n) is 3.17. The van der Waals surface area contributed by atoms with Crippen LogP contribution in [0.1, 0.15) is 11.3 Å². The Morgan fingerprint density at radius 1 is 1.27 bits per heavy atom. The van der Waals surface area contributed by atoms with Crippen molar-refractivity contribution in [2.24, 2.45) is 0 Å². The summed E-state index contributed by atoms with van der Waals surface area (Å²) in [5, 5.41) is 11.3. The van der Waals surface area contributed by atoms with Crippen molar-refractivity contribution in [3.8, 4) is 5.75 Å². The first-order valence-electron chi connectivity index (χ1n) is 10.7. The normalized spacial score (nSPS) is 12.2. The molecule has 196 valence electrons. The maximum Gasteiger partial charge on any atom is 0.433 e. The summed E-state index contributed by atoms with van der Waals surface area (Å²) in [6.45, 7) is 0.694. The first kappa shape index (κ1) is 26.5. The Labute approximate surface area is 215 Å². The van der Waals surface area contributed by atoms with E-state index in [9.17, 15) is 14.9 Å². The molecule has 0 aliphatic carbocycles. The minimum absolute atomic E-state index is 0.0118. The van der Waals surface area contributed by atoms with E-state index in [2.05, 4.69) is 15.0 Å². The number of nitrogen functional groups attached to an aromatic ring is 1. The Kier molecular flexibility index (Phi) is 8.69. The molecule has 3 heterocycles. The summed E-state index contributed by atoms with van der Waals surface area (Å²) in [7, 11) is -0.0666. The van der Waals surface area contributed by atoms with Crippen LogP contribution in [0, 0.1) is 10.1 Å². The van der Waals surface area contributed by atoms with E-state index < -0.39 is 18.9 Å². The number of anilines is 1. The number of halogens is 1. The lowest BCUT2D eigenvalue weighted by Gasteiger charge is -2.17. The van der Waals surface area contributed by atoms with E-state index in [1.807, 2.05) is 0 Å². The number of furan rings is 1. The molecule has 4 rings (SSSR count). The molecule has 1 aromatic carbocycles. The summed E-state index contributed by atoms with van der Waals surface area (Å²) < 4.78 is 29.4. The van der Waals surface area contributed by atoms with Gasteiger partial charge in [-0.15, -0.1) is 0 Å². The van der Waals surface area contributed by atoms with Gasteiger partial charge < -0.3 is 33.2 Å². The number of methoxy groups -OCH3 is 1. The van der Waals surface area contributed by atoms with Gasteiger partial charge in [-0.05, 0) is 23.8 Å². The zero-order chi connectivity index (χ0) is 26.4. The van der Waals surface area contributed by atoms with Crippen LogP contribution in [0.3, 0.4) is 0 Å². The number of nitro groups is 1. The third kappa shape index (κ3) is 6.81. The summed E-state index contributed by atoms with van der Waals surface area (Å²) in [4.78, 5) is 32.7. The second kappa shape index (κ2) is 12.1. The highest BCUT2D eigenvalue weighted by Crippen LogP contribution is 2.41. The molecule has 1 unspecified atom stereocenters. The fraction of sp³-hybridized carbons (Fsp3) is 0.286. The van der Waals surface area contributed by atoms with Gasteiger partial charge in [0.05, 0.1) is 37.7 Å². The quantitative estimate of drug-likeness (QED) is 0.107. The van der Waals surface area contributed by atoms with E-state index in [0.717, 1.165) is 5.56 Å². The largest absolute Gasteiger partial charge is 0.495 e. The third-order valence-corrected chi connectivity index (χ3v) is 6.46. The second-order valence-corrected chi connectivity index (χ2v) is 9.29. The second-order valence-electron chi connectivity index (χ2n) is 7.44. The van der Waals surface area contributed by atoms with E-state index in [1.165, 1.54) is 25.6 Å². The standard InChI is InChI=1S/C21H22ClN6O8P/c1-32-16-4-2-13(8-15(16)22)9-34-37(35-10-14-3-5-17(36-14)28(30)31)12-33-7-6-27-11-24-18-19(27)25-21(23)26-20(18)29/h2-5,8,11H,6-7,9-10,12H2,1H3,(H3,23,25,26,29). The molecule has 0 spiro atoms. The number of benzene rings is 1. The number of nitrogens with one attached hydrogen (secondary N) is 1. The monoisotopic (exact) mass is 552 g/mol. The highest BCUT2D eigenvalue weighted by atomic mass is 35.5. The van der Waals surface area contributed by atoms with Crippen LogP contribution in [0.5, 0.6) is 5.75 Å². The molecule has 14 nitrogen and oxygen atoms in total. The van der Waals surface area contributed by atoms with E-state index in [0.29, 0.717) is 23.0 Å². The molecule has 0 bridgehead atoms. The molecule has 0 aliphatic rings. The molecule has 3 N–H and O–H groups in total. The molecule has 37 heavy (non-hydrogen) atoms. The van der Waals surface area contributed by atoms with Crippen LogP contribution in [-0.4, -0.2) is 44.5 Å². The maximum atomic E-state index is 11.9. The van der Waals surface area contributed by atoms with Crippen LogP contribution in [-0.2, 0) is 33.5 Å². The van der Waals surface area contributed by atoms with Crippen LogP contribution in [0.4, 0.5) is 11.8 Å². The van der Waals surface area contributed by atoms with Gasteiger partial charge in [-0.2, -0.15) is 4.98 Å². The lowest BCUT2D eigenvalue weighted by molar-refractivity contribution is -0.402. The average molecular weight is 553 g/mol. The van der Waals surface area contributed by atoms with Crippen molar-refractivity contribution in [1.29, 1.82) is 0 Å². The third-order valence-electron chi connectivity index (χ3n) is 4.94. The fourth-order valence-corrected chi connectivity index (χ4v) is 4.52. The molecule has 3 aromatic heterocycles. The molecule has 0 saturated carbocycles. The van der Waals surface area contributed by atoms with E-state index in [4.69, 9.17) is 40.3 Å². The van der Waals surface area contributed by atoms with Gasteiger partial charge in [0.25, 0.3) is 5.56 Å². The Morgan fingerprint density at radius 3 is 2.81 bits per heavy atom. The number of hydrogen-bond acceptors (Lipinski definition) is 11. The summed E-state index contributed by atoms with van der Waals surface area (Å²) >= 11 is 6.19. The van der Waals surface area contributed by atoms with Crippen LogP contribution in [0.25, 0.3) is 11.2 Å².